The van der Waals surface area contributed by atoms with E-state index in [-0.39, 0.29) is 12.5 Å². The molecule has 1 unspecified atom stereocenters. The Balaban J connectivity index is 2.51. The number of hydrogen-bond donors (Lipinski definition) is 4. The van der Waals surface area contributed by atoms with Gasteiger partial charge in [0.05, 0.1) is 0 Å². The van der Waals surface area contributed by atoms with Crippen LogP contribution in [0.3, 0.4) is 0 Å². The molecule has 0 aliphatic rings. The van der Waals surface area contributed by atoms with E-state index in [9.17, 15) is 9.59 Å². The van der Waals surface area contributed by atoms with Crippen LogP contribution in [-0.4, -0.2) is 24.4 Å². The van der Waals surface area contributed by atoms with Crippen LogP contribution in [0.5, 0.6) is 0 Å². The standard InChI is InChI=1S/C11H16N4O2/c1-7(16)15-9-4-2-8(3-5-9)14-6-10(12)11(13)17/h2-5,10,14H,6,12H2,1H3,(H2,13,17)(H,15,16). The lowest BCUT2D eigenvalue weighted by Crippen LogP contribution is -2.41. The molecule has 6 heteroatoms. The molecule has 1 atom stereocenters. The number of primary amides is 1. The van der Waals surface area contributed by atoms with Gasteiger partial charge in [0.15, 0.2) is 0 Å². The van der Waals surface area contributed by atoms with Crippen molar-refractivity contribution in [3.05, 3.63) is 24.3 Å². The van der Waals surface area contributed by atoms with Crippen molar-refractivity contribution in [2.75, 3.05) is 17.2 Å². The fraction of sp³-hybridized carbons (Fsp3) is 0.273. The predicted molar refractivity (Wildman–Crippen MR) is 66.4 cm³/mol. The van der Waals surface area contributed by atoms with Crippen molar-refractivity contribution in [2.45, 2.75) is 13.0 Å². The topological polar surface area (TPSA) is 110 Å². The first-order valence-electron chi connectivity index (χ1n) is 5.15. The van der Waals surface area contributed by atoms with E-state index in [0.29, 0.717) is 5.69 Å². The molecule has 0 aromatic heterocycles. The van der Waals surface area contributed by atoms with Gasteiger partial charge in [-0.2, -0.15) is 0 Å². The zero-order valence-corrected chi connectivity index (χ0v) is 9.57. The van der Waals surface area contributed by atoms with E-state index in [1.807, 2.05) is 0 Å². The Bertz CT molecular complexity index is 402. The van der Waals surface area contributed by atoms with Gasteiger partial charge in [-0.1, -0.05) is 0 Å². The lowest BCUT2D eigenvalue weighted by Gasteiger charge is -2.11. The van der Waals surface area contributed by atoms with Crippen LogP contribution >= 0.6 is 0 Å². The normalized spacial score (nSPS) is 11.6. The quantitative estimate of drug-likeness (QED) is 0.570. The number of benzene rings is 1. The molecule has 0 saturated carbocycles. The van der Waals surface area contributed by atoms with Crippen LogP contribution in [0.1, 0.15) is 6.92 Å². The minimum Gasteiger partial charge on any atom is -0.383 e. The number of carbonyl (C=O) groups excluding carboxylic acids is 2. The summed E-state index contributed by atoms with van der Waals surface area (Å²) < 4.78 is 0. The lowest BCUT2D eigenvalue weighted by molar-refractivity contribution is -0.119. The average Bonchev–Trinajstić information content (AvgIpc) is 2.26. The fourth-order valence-electron chi connectivity index (χ4n) is 1.20. The molecular formula is C11H16N4O2. The molecule has 1 aromatic carbocycles. The Morgan fingerprint density at radius 3 is 2.24 bits per heavy atom. The number of nitrogens with two attached hydrogens (primary N) is 2. The number of hydrogen-bond acceptors (Lipinski definition) is 4. The zero-order valence-electron chi connectivity index (χ0n) is 9.57. The van der Waals surface area contributed by atoms with Crippen LogP contribution in [0.2, 0.25) is 0 Å². The van der Waals surface area contributed by atoms with Crippen LogP contribution in [0.4, 0.5) is 11.4 Å². The Morgan fingerprint density at radius 1 is 1.24 bits per heavy atom. The summed E-state index contributed by atoms with van der Waals surface area (Å²) in [5, 5.41) is 5.62. The van der Waals surface area contributed by atoms with Crippen molar-refractivity contribution in [1.82, 2.24) is 0 Å². The highest BCUT2D eigenvalue weighted by molar-refractivity contribution is 5.88. The largest absolute Gasteiger partial charge is 0.383 e. The van der Waals surface area contributed by atoms with Gasteiger partial charge in [-0.25, -0.2) is 0 Å². The summed E-state index contributed by atoms with van der Waals surface area (Å²) in [5.41, 5.74) is 12.0. The molecule has 17 heavy (non-hydrogen) atoms. The second kappa shape index (κ2) is 5.86. The van der Waals surface area contributed by atoms with Gasteiger partial charge < -0.3 is 22.1 Å². The first-order chi connectivity index (χ1) is 7.99. The molecule has 0 aliphatic heterocycles. The number of amides is 2. The highest BCUT2D eigenvalue weighted by Gasteiger charge is 2.07. The summed E-state index contributed by atoms with van der Waals surface area (Å²) >= 11 is 0. The molecule has 1 rings (SSSR count). The number of rotatable bonds is 5. The van der Waals surface area contributed by atoms with E-state index in [1.165, 1.54) is 6.92 Å². The van der Waals surface area contributed by atoms with Gasteiger partial charge in [-0.05, 0) is 24.3 Å². The monoisotopic (exact) mass is 236 g/mol. The highest BCUT2D eigenvalue weighted by Crippen LogP contribution is 2.13. The van der Waals surface area contributed by atoms with Gasteiger partial charge in [-0.3, -0.25) is 9.59 Å². The Morgan fingerprint density at radius 2 is 1.76 bits per heavy atom. The van der Waals surface area contributed by atoms with Crippen molar-refractivity contribution < 1.29 is 9.59 Å². The molecule has 6 N–H and O–H groups in total. The minimum absolute atomic E-state index is 0.124. The maximum Gasteiger partial charge on any atom is 0.236 e. The van der Waals surface area contributed by atoms with Crippen molar-refractivity contribution >= 4 is 23.2 Å². The molecule has 0 radical (unpaired) electrons. The van der Waals surface area contributed by atoms with Crippen molar-refractivity contribution in [1.29, 1.82) is 0 Å². The number of carbonyl (C=O) groups is 2. The van der Waals surface area contributed by atoms with Crippen LogP contribution in [0.25, 0.3) is 0 Å². The van der Waals surface area contributed by atoms with E-state index in [1.54, 1.807) is 24.3 Å². The highest BCUT2D eigenvalue weighted by atomic mass is 16.1. The number of nitrogens with one attached hydrogen (secondary N) is 2. The van der Waals surface area contributed by atoms with E-state index in [4.69, 9.17) is 11.5 Å². The molecule has 0 bridgehead atoms. The van der Waals surface area contributed by atoms with Gasteiger partial charge in [0, 0.05) is 24.8 Å². The minimum atomic E-state index is -0.718. The molecule has 0 spiro atoms. The molecule has 2 amide bonds. The lowest BCUT2D eigenvalue weighted by atomic mass is 10.2. The second-order valence-electron chi connectivity index (χ2n) is 3.65. The number of anilines is 2. The maximum absolute atomic E-state index is 10.8. The molecule has 0 fully saturated rings. The Hall–Kier alpha value is -2.08. The van der Waals surface area contributed by atoms with E-state index in [0.717, 1.165) is 5.69 Å². The van der Waals surface area contributed by atoms with Crippen LogP contribution in [0, 0.1) is 0 Å². The first kappa shape index (κ1) is 13.0. The SMILES string of the molecule is CC(=O)Nc1ccc(NCC(N)C(N)=O)cc1. The maximum atomic E-state index is 10.8. The van der Waals surface area contributed by atoms with Crippen molar-refractivity contribution in [3.63, 3.8) is 0 Å². The third-order valence-corrected chi connectivity index (χ3v) is 2.10. The summed E-state index contributed by atoms with van der Waals surface area (Å²) in [5.74, 6) is -0.672. The van der Waals surface area contributed by atoms with Gasteiger partial charge in [0.2, 0.25) is 11.8 Å². The summed E-state index contributed by atoms with van der Waals surface area (Å²) in [4.78, 5) is 21.5. The van der Waals surface area contributed by atoms with Crippen molar-refractivity contribution in [2.24, 2.45) is 11.5 Å². The Labute approximate surface area is 99.4 Å². The second-order valence-corrected chi connectivity index (χ2v) is 3.65. The van der Waals surface area contributed by atoms with Crippen LogP contribution in [0.15, 0.2) is 24.3 Å². The summed E-state index contributed by atoms with van der Waals surface area (Å²) in [7, 11) is 0. The van der Waals surface area contributed by atoms with Gasteiger partial charge in [-0.15, -0.1) is 0 Å². The molecule has 92 valence electrons. The first-order valence-corrected chi connectivity index (χ1v) is 5.15. The summed E-state index contributed by atoms with van der Waals surface area (Å²) in [6, 6.07) is 6.34. The molecule has 0 heterocycles. The van der Waals surface area contributed by atoms with Crippen LogP contribution < -0.4 is 22.1 Å². The van der Waals surface area contributed by atoms with Crippen molar-refractivity contribution in [3.8, 4) is 0 Å². The van der Waals surface area contributed by atoms with E-state index < -0.39 is 11.9 Å². The third kappa shape index (κ3) is 4.52. The average molecular weight is 236 g/mol. The third-order valence-electron chi connectivity index (χ3n) is 2.10. The summed E-state index contributed by atoms with van der Waals surface area (Å²) in [6.07, 6.45) is 0. The fourth-order valence-corrected chi connectivity index (χ4v) is 1.20. The molecular weight excluding hydrogens is 220 g/mol. The molecule has 0 aliphatic carbocycles. The van der Waals surface area contributed by atoms with E-state index >= 15 is 0 Å². The zero-order chi connectivity index (χ0) is 12.8. The summed E-state index contributed by atoms with van der Waals surface area (Å²) in [6.45, 7) is 1.72. The smallest absolute Gasteiger partial charge is 0.236 e. The van der Waals surface area contributed by atoms with Gasteiger partial charge in [0.25, 0.3) is 0 Å². The van der Waals surface area contributed by atoms with E-state index in [2.05, 4.69) is 10.6 Å². The van der Waals surface area contributed by atoms with Crippen LogP contribution in [-0.2, 0) is 9.59 Å². The molecule has 0 saturated heterocycles. The predicted octanol–water partition coefficient (Wildman–Crippen LogP) is -0.130. The van der Waals surface area contributed by atoms with Gasteiger partial charge >= 0.3 is 0 Å². The molecule has 6 nitrogen and oxygen atoms in total. The molecule has 1 aromatic rings. The van der Waals surface area contributed by atoms with Gasteiger partial charge in [0.1, 0.15) is 6.04 Å². The Kier molecular flexibility index (Phi) is 4.47.